The lowest BCUT2D eigenvalue weighted by Crippen LogP contribution is -2.01. The zero-order valence-electron chi connectivity index (χ0n) is 10.5. The fraction of sp³-hybridized carbons (Fsp3) is 0.385. The number of methoxy groups -OCH3 is 1. The summed E-state index contributed by atoms with van der Waals surface area (Å²) in [5.41, 5.74) is 2.72. The lowest BCUT2D eigenvalue weighted by atomic mass is 10.2. The van der Waals surface area contributed by atoms with Gasteiger partial charge in [0.2, 0.25) is 5.88 Å². The minimum atomic E-state index is 0.444. The zero-order chi connectivity index (χ0) is 13.2. The van der Waals surface area contributed by atoms with Crippen molar-refractivity contribution >= 4 is 11.6 Å². The van der Waals surface area contributed by atoms with Gasteiger partial charge in [0.05, 0.1) is 18.7 Å². The Hall–Kier alpha value is -1.75. The van der Waals surface area contributed by atoms with Gasteiger partial charge in [0.25, 0.3) is 0 Å². The van der Waals surface area contributed by atoms with E-state index in [1.54, 1.807) is 19.4 Å². The van der Waals surface area contributed by atoms with Crippen LogP contribution in [0.15, 0.2) is 18.6 Å². The molecule has 98 valence electrons. The van der Waals surface area contributed by atoms with Crippen molar-refractivity contribution in [1.82, 2.24) is 19.9 Å². The number of hydrogen-bond acceptors (Lipinski definition) is 5. The Balaban J connectivity index is 2.02. The average molecular weight is 277 g/mol. The van der Waals surface area contributed by atoms with E-state index in [0.717, 1.165) is 11.3 Å². The first-order valence-corrected chi connectivity index (χ1v) is 6.63. The molecule has 1 fully saturated rings. The summed E-state index contributed by atoms with van der Waals surface area (Å²) in [6.45, 7) is 0. The van der Waals surface area contributed by atoms with Gasteiger partial charge in [-0.25, -0.2) is 19.9 Å². The molecular formula is C13H13ClN4O. The van der Waals surface area contributed by atoms with E-state index < -0.39 is 0 Å². The predicted octanol–water partition coefficient (Wildman–Crippen LogP) is 2.56. The van der Waals surface area contributed by atoms with Gasteiger partial charge in [-0.1, -0.05) is 0 Å². The largest absolute Gasteiger partial charge is 0.481 e. The van der Waals surface area contributed by atoms with Crippen LogP contribution in [0.25, 0.3) is 11.5 Å². The molecule has 5 nitrogen and oxygen atoms in total. The van der Waals surface area contributed by atoms with Gasteiger partial charge in [-0.2, -0.15) is 0 Å². The highest BCUT2D eigenvalue weighted by Gasteiger charge is 2.28. The van der Waals surface area contributed by atoms with Crippen molar-refractivity contribution in [2.24, 2.45) is 0 Å². The third-order valence-electron chi connectivity index (χ3n) is 3.09. The third kappa shape index (κ3) is 2.51. The Morgan fingerprint density at radius 3 is 2.84 bits per heavy atom. The van der Waals surface area contributed by atoms with E-state index in [0.29, 0.717) is 29.2 Å². The molecule has 0 bridgehead atoms. The van der Waals surface area contributed by atoms with Gasteiger partial charge in [-0.3, -0.25) is 0 Å². The quantitative estimate of drug-likeness (QED) is 0.803. The van der Waals surface area contributed by atoms with Crippen LogP contribution in [-0.2, 0) is 5.88 Å². The van der Waals surface area contributed by atoms with Gasteiger partial charge in [0.15, 0.2) is 5.82 Å². The summed E-state index contributed by atoms with van der Waals surface area (Å²) >= 11 is 5.92. The van der Waals surface area contributed by atoms with Crippen LogP contribution in [0.4, 0.5) is 0 Å². The molecule has 0 atom stereocenters. The van der Waals surface area contributed by atoms with Crippen molar-refractivity contribution in [3.8, 4) is 17.4 Å². The Bertz CT molecular complexity index is 601. The summed E-state index contributed by atoms with van der Waals surface area (Å²) in [6, 6.07) is 1.73. The average Bonchev–Trinajstić information content (AvgIpc) is 3.31. The van der Waals surface area contributed by atoms with Crippen LogP contribution < -0.4 is 4.74 Å². The molecule has 3 rings (SSSR count). The molecule has 0 unspecified atom stereocenters. The fourth-order valence-corrected chi connectivity index (χ4v) is 2.14. The molecule has 2 heterocycles. The summed E-state index contributed by atoms with van der Waals surface area (Å²) in [6.07, 6.45) is 5.59. The molecule has 0 radical (unpaired) electrons. The lowest BCUT2D eigenvalue weighted by molar-refractivity contribution is 0.397. The molecule has 0 spiro atoms. The third-order valence-corrected chi connectivity index (χ3v) is 3.37. The molecule has 1 aliphatic carbocycles. The first-order chi connectivity index (χ1) is 9.31. The van der Waals surface area contributed by atoms with Gasteiger partial charge in [-0.05, 0) is 12.8 Å². The standard InChI is InChI=1S/C13H13ClN4O/c1-19-11-4-10(16-7-17-11)13-15-6-9(5-14)12(18-13)8-2-3-8/h4,6-8H,2-3,5H2,1H3. The summed E-state index contributed by atoms with van der Waals surface area (Å²) in [4.78, 5) is 17.1. The number of halogens is 1. The maximum absolute atomic E-state index is 5.92. The van der Waals surface area contributed by atoms with E-state index in [4.69, 9.17) is 16.3 Å². The fourth-order valence-electron chi connectivity index (χ4n) is 1.93. The number of rotatable bonds is 4. The molecule has 0 aliphatic heterocycles. The monoisotopic (exact) mass is 276 g/mol. The van der Waals surface area contributed by atoms with E-state index in [2.05, 4.69) is 19.9 Å². The van der Waals surface area contributed by atoms with E-state index in [1.807, 2.05) is 0 Å². The molecule has 0 N–H and O–H groups in total. The van der Waals surface area contributed by atoms with E-state index in [1.165, 1.54) is 19.2 Å². The SMILES string of the molecule is COc1cc(-c2ncc(CCl)c(C3CC3)n2)ncn1. The van der Waals surface area contributed by atoms with Crippen LogP contribution in [0, 0.1) is 0 Å². The Morgan fingerprint density at radius 1 is 1.32 bits per heavy atom. The van der Waals surface area contributed by atoms with E-state index >= 15 is 0 Å². The zero-order valence-corrected chi connectivity index (χ0v) is 11.3. The molecule has 0 amide bonds. The normalized spacial score (nSPS) is 14.4. The Labute approximate surface area is 116 Å². The van der Waals surface area contributed by atoms with Gasteiger partial charge in [0, 0.05) is 23.7 Å². The number of alkyl halides is 1. The first kappa shape index (κ1) is 12.3. The van der Waals surface area contributed by atoms with Gasteiger partial charge < -0.3 is 4.74 Å². The van der Waals surface area contributed by atoms with Crippen LogP contribution in [0.1, 0.15) is 30.0 Å². The van der Waals surface area contributed by atoms with Crippen LogP contribution in [0.3, 0.4) is 0 Å². The van der Waals surface area contributed by atoms with Crippen LogP contribution in [-0.4, -0.2) is 27.0 Å². The molecule has 6 heteroatoms. The smallest absolute Gasteiger partial charge is 0.216 e. The number of nitrogens with zero attached hydrogens (tertiary/aromatic N) is 4. The van der Waals surface area contributed by atoms with Gasteiger partial charge >= 0.3 is 0 Å². The van der Waals surface area contributed by atoms with Crippen molar-refractivity contribution in [1.29, 1.82) is 0 Å². The number of hydrogen-bond donors (Lipinski definition) is 0. The minimum Gasteiger partial charge on any atom is -0.481 e. The Kier molecular flexibility index (Phi) is 3.29. The van der Waals surface area contributed by atoms with Crippen molar-refractivity contribution in [3.63, 3.8) is 0 Å². The van der Waals surface area contributed by atoms with Crippen LogP contribution >= 0.6 is 11.6 Å². The molecule has 1 saturated carbocycles. The van der Waals surface area contributed by atoms with Crippen molar-refractivity contribution < 1.29 is 4.74 Å². The maximum atomic E-state index is 5.92. The topological polar surface area (TPSA) is 60.8 Å². The lowest BCUT2D eigenvalue weighted by Gasteiger charge is -2.07. The first-order valence-electron chi connectivity index (χ1n) is 6.10. The highest BCUT2D eigenvalue weighted by Crippen LogP contribution is 2.41. The van der Waals surface area contributed by atoms with E-state index in [-0.39, 0.29) is 0 Å². The second-order valence-electron chi connectivity index (χ2n) is 4.46. The van der Waals surface area contributed by atoms with Crippen LogP contribution in [0.5, 0.6) is 5.88 Å². The highest BCUT2D eigenvalue weighted by molar-refractivity contribution is 6.17. The van der Waals surface area contributed by atoms with Crippen LogP contribution in [0.2, 0.25) is 0 Å². The minimum absolute atomic E-state index is 0.444. The molecule has 2 aromatic rings. The van der Waals surface area contributed by atoms with Gasteiger partial charge in [-0.15, -0.1) is 11.6 Å². The van der Waals surface area contributed by atoms with E-state index in [9.17, 15) is 0 Å². The second kappa shape index (κ2) is 5.09. The summed E-state index contributed by atoms with van der Waals surface area (Å²) in [7, 11) is 1.57. The molecular weight excluding hydrogens is 264 g/mol. The molecule has 2 aromatic heterocycles. The van der Waals surface area contributed by atoms with Gasteiger partial charge in [0.1, 0.15) is 12.0 Å². The number of ether oxygens (including phenoxy) is 1. The highest BCUT2D eigenvalue weighted by atomic mass is 35.5. The summed E-state index contributed by atoms with van der Waals surface area (Å²) in [5, 5.41) is 0. The summed E-state index contributed by atoms with van der Waals surface area (Å²) in [5.74, 6) is 2.07. The van der Waals surface area contributed by atoms with Crippen molar-refractivity contribution in [2.45, 2.75) is 24.6 Å². The van der Waals surface area contributed by atoms with Crippen molar-refractivity contribution in [3.05, 3.63) is 29.8 Å². The second-order valence-corrected chi connectivity index (χ2v) is 4.72. The molecule has 0 aromatic carbocycles. The Morgan fingerprint density at radius 2 is 2.16 bits per heavy atom. The number of aromatic nitrogens is 4. The molecule has 0 saturated heterocycles. The molecule has 1 aliphatic rings. The van der Waals surface area contributed by atoms with Crippen molar-refractivity contribution in [2.75, 3.05) is 7.11 Å². The maximum Gasteiger partial charge on any atom is 0.216 e. The summed E-state index contributed by atoms with van der Waals surface area (Å²) < 4.78 is 5.08. The predicted molar refractivity (Wildman–Crippen MR) is 71.1 cm³/mol. The molecule has 19 heavy (non-hydrogen) atoms.